The predicted molar refractivity (Wildman–Crippen MR) is 103 cm³/mol. The monoisotopic (exact) mass is 404 g/mol. The van der Waals surface area contributed by atoms with E-state index in [0.29, 0.717) is 0 Å². The van der Waals surface area contributed by atoms with Gasteiger partial charge in [0, 0.05) is 24.6 Å². The Hall–Kier alpha value is -3.82. The van der Waals surface area contributed by atoms with Crippen molar-refractivity contribution in [1.29, 1.82) is 0 Å². The molecule has 10 nitrogen and oxygen atoms in total. The molecule has 0 unspecified atom stereocenters. The summed E-state index contributed by atoms with van der Waals surface area (Å²) in [6.07, 6.45) is 0.293. The van der Waals surface area contributed by atoms with Crippen molar-refractivity contribution in [1.82, 2.24) is 0 Å². The molecule has 1 amide bonds. The lowest BCUT2D eigenvalue weighted by Gasteiger charge is -2.14. The molecule has 0 bridgehead atoms. The number of nitro benzene ring substituents is 1. The van der Waals surface area contributed by atoms with E-state index in [4.69, 9.17) is 14.2 Å². The van der Waals surface area contributed by atoms with Crippen molar-refractivity contribution < 1.29 is 33.8 Å². The van der Waals surface area contributed by atoms with Gasteiger partial charge in [0.2, 0.25) is 5.91 Å². The van der Waals surface area contributed by atoms with E-state index < -0.39 is 16.8 Å². The first-order chi connectivity index (χ1) is 13.9. The standard InChI is InChI=1S/C19H20N2O8/c1-27-16-10-12(19(23)24)13(11-17(16)28-2)20-18(22)8-5-9-29-15-7-4-3-6-14(15)21(25)26/h3-4,6-7,10-11H,5,8-9H2,1-2H3,(H,20,22)(H,23,24). The molecule has 0 radical (unpaired) electrons. The summed E-state index contributed by atoms with van der Waals surface area (Å²) < 4.78 is 15.6. The summed E-state index contributed by atoms with van der Waals surface area (Å²) in [4.78, 5) is 34.0. The molecule has 0 aromatic heterocycles. The zero-order valence-corrected chi connectivity index (χ0v) is 15.8. The van der Waals surface area contributed by atoms with Crippen LogP contribution in [-0.4, -0.2) is 42.7 Å². The Kier molecular flexibility index (Phi) is 7.35. The van der Waals surface area contributed by atoms with E-state index in [1.807, 2.05) is 0 Å². The fourth-order valence-electron chi connectivity index (χ4n) is 2.52. The number of anilines is 1. The van der Waals surface area contributed by atoms with E-state index in [1.54, 1.807) is 6.07 Å². The Balaban J connectivity index is 1.98. The summed E-state index contributed by atoms with van der Waals surface area (Å²) in [6.45, 7) is 0.0794. The van der Waals surface area contributed by atoms with Crippen molar-refractivity contribution in [2.75, 3.05) is 26.1 Å². The van der Waals surface area contributed by atoms with Crippen LogP contribution in [0, 0.1) is 10.1 Å². The zero-order valence-electron chi connectivity index (χ0n) is 15.8. The van der Waals surface area contributed by atoms with Crippen LogP contribution in [0.2, 0.25) is 0 Å². The average Bonchev–Trinajstić information content (AvgIpc) is 2.70. The number of rotatable bonds is 10. The van der Waals surface area contributed by atoms with Crippen LogP contribution in [0.15, 0.2) is 36.4 Å². The van der Waals surface area contributed by atoms with Gasteiger partial charge in [0.05, 0.1) is 37.0 Å². The number of carboxylic acid groups (broad SMARTS) is 1. The van der Waals surface area contributed by atoms with E-state index in [-0.39, 0.29) is 53.6 Å². The highest BCUT2D eigenvalue weighted by atomic mass is 16.6. The molecule has 0 heterocycles. The maximum atomic E-state index is 12.2. The van der Waals surface area contributed by atoms with Gasteiger partial charge >= 0.3 is 11.7 Å². The zero-order chi connectivity index (χ0) is 21.4. The molecule has 154 valence electrons. The quantitative estimate of drug-likeness (QED) is 0.350. The summed E-state index contributed by atoms with van der Waals surface area (Å²) in [6, 6.07) is 8.56. The first kappa shape index (κ1) is 21.5. The molecule has 2 aromatic carbocycles. The van der Waals surface area contributed by atoms with Crippen LogP contribution in [0.4, 0.5) is 11.4 Å². The number of benzene rings is 2. The summed E-state index contributed by atoms with van der Waals surface area (Å²) >= 11 is 0. The number of methoxy groups -OCH3 is 2. The SMILES string of the molecule is COc1cc(NC(=O)CCCOc2ccccc2[N+](=O)[O-])c(C(=O)O)cc1OC. The Morgan fingerprint density at radius 1 is 1.10 bits per heavy atom. The van der Waals surface area contributed by atoms with Gasteiger partial charge in [-0.2, -0.15) is 0 Å². The fraction of sp³-hybridized carbons (Fsp3) is 0.263. The molecule has 0 atom stereocenters. The lowest BCUT2D eigenvalue weighted by atomic mass is 10.1. The first-order valence-electron chi connectivity index (χ1n) is 8.52. The van der Waals surface area contributed by atoms with Gasteiger partial charge in [-0.05, 0) is 12.5 Å². The van der Waals surface area contributed by atoms with Crippen molar-refractivity contribution in [3.8, 4) is 17.2 Å². The minimum atomic E-state index is -1.24. The summed E-state index contributed by atoms with van der Waals surface area (Å²) in [7, 11) is 2.77. The Morgan fingerprint density at radius 2 is 1.76 bits per heavy atom. The smallest absolute Gasteiger partial charge is 0.337 e. The number of hydrogen-bond acceptors (Lipinski definition) is 7. The van der Waals surface area contributed by atoms with Gasteiger partial charge < -0.3 is 24.6 Å². The number of ether oxygens (including phenoxy) is 3. The van der Waals surface area contributed by atoms with E-state index in [9.17, 15) is 24.8 Å². The van der Waals surface area contributed by atoms with Gasteiger partial charge in [0.1, 0.15) is 0 Å². The number of carbonyl (C=O) groups is 2. The highest BCUT2D eigenvalue weighted by Gasteiger charge is 2.18. The molecule has 2 aromatic rings. The molecule has 2 N–H and O–H groups in total. The number of para-hydroxylation sites is 2. The molecule has 0 fully saturated rings. The largest absolute Gasteiger partial charge is 0.493 e. The maximum Gasteiger partial charge on any atom is 0.337 e. The van der Waals surface area contributed by atoms with Gasteiger partial charge in [0.15, 0.2) is 17.2 Å². The van der Waals surface area contributed by atoms with Crippen LogP contribution in [0.25, 0.3) is 0 Å². The third kappa shape index (κ3) is 5.58. The molecule has 0 saturated heterocycles. The van der Waals surface area contributed by atoms with Crippen molar-refractivity contribution in [2.45, 2.75) is 12.8 Å². The average molecular weight is 404 g/mol. The third-order valence-electron chi connectivity index (χ3n) is 3.90. The first-order valence-corrected chi connectivity index (χ1v) is 8.52. The number of nitrogens with zero attached hydrogens (tertiary/aromatic N) is 1. The minimum absolute atomic E-state index is 0.0219. The summed E-state index contributed by atoms with van der Waals surface area (Å²) in [5.74, 6) is -1.06. The minimum Gasteiger partial charge on any atom is -0.493 e. The van der Waals surface area contributed by atoms with Gasteiger partial charge in [0.25, 0.3) is 0 Å². The molecule has 10 heteroatoms. The number of nitrogens with one attached hydrogen (secondary N) is 1. The number of amides is 1. The Bertz CT molecular complexity index is 913. The lowest BCUT2D eigenvalue weighted by molar-refractivity contribution is -0.385. The fourth-order valence-corrected chi connectivity index (χ4v) is 2.52. The number of carboxylic acids is 1. The van der Waals surface area contributed by atoms with Gasteiger partial charge in [-0.1, -0.05) is 12.1 Å². The van der Waals surface area contributed by atoms with Crippen LogP contribution >= 0.6 is 0 Å². The molecule has 0 aliphatic rings. The molecular formula is C19H20N2O8. The van der Waals surface area contributed by atoms with Gasteiger partial charge in [-0.3, -0.25) is 14.9 Å². The van der Waals surface area contributed by atoms with Crippen LogP contribution in [0.1, 0.15) is 23.2 Å². The van der Waals surface area contributed by atoms with Crippen molar-refractivity contribution in [3.63, 3.8) is 0 Å². The van der Waals surface area contributed by atoms with E-state index in [0.717, 1.165) is 0 Å². The predicted octanol–water partition coefficient (Wildman–Crippen LogP) is 3.11. The second-order valence-electron chi connectivity index (χ2n) is 5.78. The normalized spacial score (nSPS) is 10.1. The van der Waals surface area contributed by atoms with E-state index >= 15 is 0 Å². The lowest BCUT2D eigenvalue weighted by Crippen LogP contribution is -2.16. The van der Waals surface area contributed by atoms with Gasteiger partial charge in [-0.25, -0.2) is 4.79 Å². The van der Waals surface area contributed by atoms with E-state index in [2.05, 4.69) is 5.32 Å². The number of nitro groups is 1. The highest BCUT2D eigenvalue weighted by Crippen LogP contribution is 2.33. The van der Waals surface area contributed by atoms with Crippen molar-refractivity contribution in [2.24, 2.45) is 0 Å². The number of carbonyl (C=O) groups excluding carboxylic acids is 1. The molecule has 0 aliphatic carbocycles. The highest BCUT2D eigenvalue weighted by molar-refractivity contribution is 6.01. The summed E-state index contributed by atoms with van der Waals surface area (Å²) in [5, 5.41) is 22.8. The third-order valence-corrected chi connectivity index (χ3v) is 3.90. The maximum absolute atomic E-state index is 12.2. The second-order valence-corrected chi connectivity index (χ2v) is 5.78. The van der Waals surface area contributed by atoms with Crippen LogP contribution < -0.4 is 19.5 Å². The topological polar surface area (TPSA) is 137 Å². The van der Waals surface area contributed by atoms with Crippen molar-refractivity contribution >= 4 is 23.3 Å². The van der Waals surface area contributed by atoms with Gasteiger partial charge in [-0.15, -0.1) is 0 Å². The van der Waals surface area contributed by atoms with Crippen LogP contribution in [0.3, 0.4) is 0 Å². The number of aromatic carboxylic acids is 1. The molecule has 0 aliphatic heterocycles. The van der Waals surface area contributed by atoms with Crippen LogP contribution in [0.5, 0.6) is 17.2 Å². The van der Waals surface area contributed by atoms with Crippen LogP contribution in [-0.2, 0) is 4.79 Å². The Labute approximate surface area is 166 Å². The van der Waals surface area contributed by atoms with Crippen molar-refractivity contribution in [3.05, 3.63) is 52.1 Å². The van der Waals surface area contributed by atoms with E-state index in [1.165, 1.54) is 44.6 Å². The molecule has 0 saturated carbocycles. The second kappa shape index (κ2) is 9.93. The summed E-state index contributed by atoms with van der Waals surface area (Å²) in [5.41, 5.74) is -0.236. The Morgan fingerprint density at radius 3 is 2.38 bits per heavy atom. The number of hydrogen-bond donors (Lipinski definition) is 2. The molecule has 2 rings (SSSR count). The molecule has 0 spiro atoms. The molecule has 29 heavy (non-hydrogen) atoms. The molecular weight excluding hydrogens is 384 g/mol.